The largest absolute Gasteiger partial charge is 0.482 e. The number of ketones is 1. The van der Waals surface area contributed by atoms with E-state index < -0.39 is 12.6 Å². The summed E-state index contributed by atoms with van der Waals surface area (Å²) in [5.74, 6) is -1.01. The predicted octanol–water partition coefficient (Wildman–Crippen LogP) is 3.00. The Morgan fingerprint density at radius 2 is 1.68 bits per heavy atom. The monoisotopic (exact) mass is 339 g/mol. The molecule has 2 aromatic carbocycles. The summed E-state index contributed by atoms with van der Waals surface area (Å²) in [4.78, 5) is 33.5. The van der Waals surface area contributed by atoms with E-state index in [2.05, 4.69) is 5.32 Å². The van der Waals surface area contributed by atoms with Gasteiger partial charge in [0.15, 0.2) is 12.4 Å². The van der Waals surface area contributed by atoms with Crippen molar-refractivity contribution in [2.45, 2.75) is 6.92 Å². The van der Waals surface area contributed by atoms with Crippen LogP contribution in [-0.4, -0.2) is 29.4 Å². The van der Waals surface area contributed by atoms with Gasteiger partial charge < -0.3 is 15.2 Å². The fraction of sp³-hybridized carbons (Fsp3) is 0.105. The number of carbonyl (C=O) groups is 3. The number of ether oxygens (including phenoxy) is 1. The molecule has 128 valence electrons. The van der Waals surface area contributed by atoms with Crippen molar-refractivity contribution in [2.24, 2.45) is 0 Å². The Balaban J connectivity index is 1.97. The molecule has 0 radical (unpaired) electrons. The van der Waals surface area contributed by atoms with E-state index in [4.69, 9.17) is 9.84 Å². The molecule has 0 spiro atoms. The zero-order valence-corrected chi connectivity index (χ0v) is 13.6. The summed E-state index contributed by atoms with van der Waals surface area (Å²) >= 11 is 0. The third-order valence-electron chi connectivity index (χ3n) is 3.16. The Kier molecular flexibility index (Phi) is 6.06. The summed E-state index contributed by atoms with van der Waals surface area (Å²) in [6.45, 7) is 1.01. The number of carbonyl (C=O) groups excluding carboxylic acids is 2. The molecule has 0 saturated carbocycles. The van der Waals surface area contributed by atoms with Gasteiger partial charge in [-0.1, -0.05) is 18.2 Å². The van der Waals surface area contributed by atoms with Crippen LogP contribution in [0.5, 0.6) is 5.75 Å². The van der Waals surface area contributed by atoms with Crippen molar-refractivity contribution in [1.82, 2.24) is 0 Å². The number of aliphatic carboxylic acids is 1. The van der Waals surface area contributed by atoms with Crippen molar-refractivity contribution in [2.75, 3.05) is 11.9 Å². The van der Waals surface area contributed by atoms with Gasteiger partial charge in [-0.25, -0.2) is 4.79 Å². The molecule has 0 unspecified atom stereocenters. The van der Waals surface area contributed by atoms with Gasteiger partial charge in [-0.05, 0) is 48.0 Å². The van der Waals surface area contributed by atoms with E-state index in [-0.39, 0.29) is 11.7 Å². The number of benzene rings is 2. The van der Waals surface area contributed by atoms with Crippen molar-refractivity contribution in [3.05, 3.63) is 65.7 Å². The molecule has 0 aliphatic heterocycles. The van der Waals surface area contributed by atoms with Crippen LogP contribution in [0.4, 0.5) is 5.69 Å². The Bertz CT molecular complexity index is 792. The van der Waals surface area contributed by atoms with Gasteiger partial charge in [0.05, 0.1) is 0 Å². The lowest BCUT2D eigenvalue weighted by Gasteiger charge is -2.03. The summed E-state index contributed by atoms with van der Waals surface area (Å²) in [5, 5.41) is 11.2. The summed E-state index contributed by atoms with van der Waals surface area (Å²) in [7, 11) is 0. The second kappa shape index (κ2) is 8.44. The third kappa shape index (κ3) is 5.95. The van der Waals surface area contributed by atoms with E-state index >= 15 is 0 Å². The van der Waals surface area contributed by atoms with Gasteiger partial charge in [0.25, 0.3) is 0 Å². The van der Waals surface area contributed by atoms with Crippen molar-refractivity contribution in [1.29, 1.82) is 0 Å². The third-order valence-corrected chi connectivity index (χ3v) is 3.16. The molecule has 0 aromatic heterocycles. The van der Waals surface area contributed by atoms with E-state index in [1.54, 1.807) is 54.6 Å². The zero-order chi connectivity index (χ0) is 18.2. The van der Waals surface area contributed by atoms with Crippen LogP contribution >= 0.6 is 0 Å². The van der Waals surface area contributed by atoms with Crippen LogP contribution in [0.15, 0.2) is 54.6 Å². The SMILES string of the molecule is CC(=O)Nc1ccc(/C=C/C(=O)c2ccc(OCC(=O)O)cc2)cc1. The lowest BCUT2D eigenvalue weighted by atomic mass is 10.1. The smallest absolute Gasteiger partial charge is 0.341 e. The normalized spacial score (nSPS) is 10.4. The number of allylic oxidation sites excluding steroid dienone is 1. The molecule has 2 rings (SSSR count). The van der Waals surface area contributed by atoms with E-state index in [0.717, 1.165) is 5.56 Å². The van der Waals surface area contributed by atoms with Gasteiger partial charge in [-0.2, -0.15) is 0 Å². The van der Waals surface area contributed by atoms with E-state index in [9.17, 15) is 14.4 Å². The topological polar surface area (TPSA) is 92.7 Å². The molecule has 1 amide bonds. The first-order valence-corrected chi connectivity index (χ1v) is 7.49. The number of amides is 1. The summed E-state index contributed by atoms with van der Waals surface area (Å²) in [6, 6.07) is 13.3. The van der Waals surface area contributed by atoms with E-state index in [0.29, 0.717) is 17.0 Å². The highest BCUT2D eigenvalue weighted by Crippen LogP contribution is 2.14. The minimum Gasteiger partial charge on any atom is -0.482 e. The van der Waals surface area contributed by atoms with Gasteiger partial charge >= 0.3 is 5.97 Å². The number of rotatable bonds is 7. The quantitative estimate of drug-likeness (QED) is 0.597. The second-order valence-electron chi connectivity index (χ2n) is 5.21. The molecular formula is C19H17NO5. The second-order valence-corrected chi connectivity index (χ2v) is 5.21. The molecule has 0 heterocycles. The number of hydrogen-bond acceptors (Lipinski definition) is 4. The molecule has 0 atom stereocenters. The molecule has 6 heteroatoms. The van der Waals surface area contributed by atoms with Crippen molar-refractivity contribution in [3.63, 3.8) is 0 Å². The molecule has 0 fully saturated rings. The fourth-order valence-corrected chi connectivity index (χ4v) is 2.01. The van der Waals surface area contributed by atoms with Crippen LogP contribution in [0.2, 0.25) is 0 Å². The maximum Gasteiger partial charge on any atom is 0.341 e. The maximum atomic E-state index is 12.1. The van der Waals surface area contributed by atoms with Crippen molar-refractivity contribution in [3.8, 4) is 5.75 Å². The molecule has 6 nitrogen and oxygen atoms in total. The van der Waals surface area contributed by atoms with Crippen LogP contribution in [0.25, 0.3) is 6.08 Å². The highest BCUT2D eigenvalue weighted by Gasteiger charge is 2.04. The average Bonchev–Trinajstić information content (AvgIpc) is 2.59. The first-order valence-electron chi connectivity index (χ1n) is 7.49. The Morgan fingerprint density at radius 1 is 1.04 bits per heavy atom. The Morgan fingerprint density at radius 3 is 2.24 bits per heavy atom. The summed E-state index contributed by atoms with van der Waals surface area (Å²) in [6.07, 6.45) is 3.12. The minimum atomic E-state index is -1.06. The number of carboxylic acids is 1. The zero-order valence-electron chi connectivity index (χ0n) is 13.6. The Hall–Kier alpha value is -3.41. The summed E-state index contributed by atoms with van der Waals surface area (Å²) < 4.78 is 5.01. The van der Waals surface area contributed by atoms with Crippen LogP contribution < -0.4 is 10.1 Å². The lowest BCUT2D eigenvalue weighted by Crippen LogP contribution is -2.09. The molecule has 2 aromatic rings. The van der Waals surface area contributed by atoms with Gasteiger partial charge in [0.1, 0.15) is 5.75 Å². The first-order chi connectivity index (χ1) is 11.9. The van der Waals surface area contributed by atoms with Gasteiger partial charge in [0, 0.05) is 18.2 Å². The standard InChI is InChI=1S/C19H17NO5/c1-13(21)20-16-7-2-14(3-8-16)4-11-18(22)15-5-9-17(10-6-15)25-12-19(23)24/h2-11H,12H2,1H3,(H,20,21)(H,23,24)/b11-4+. The number of hydrogen-bond donors (Lipinski definition) is 2. The molecule has 2 N–H and O–H groups in total. The summed E-state index contributed by atoms with van der Waals surface area (Å²) in [5.41, 5.74) is 1.98. The van der Waals surface area contributed by atoms with Gasteiger partial charge in [-0.15, -0.1) is 0 Å². The molecule has 0 aliphatic carbocycles. The van der Waals surface area contributed by atoms with Crippen LogP contribution in [-0.2, 0) is 9.59 Å². The number of nitrogens with one attached hydrogen (secondary N) is 1. The van der Waals surface area contributed by atoms with Gasteiger partial charge in [0.2, 0.25) is 5.91 Å². The minimum absolute atomic E-state index is 0.144. The molecule has 0 aliphatic rings. The maximum absolute atomic E-state index is 12.1. The van der Waals surface area contributed by atoms with Crippen LogP contribution in [0.1, 0.15) is 22.8 Å². The molecule has 25 heavy (non-hydrogen) atoms. The van der Waals surface area contributed by atoms with Crippen LogP contribution in [0.3, 0.4) is 0 Å². The van der Waals surface area contributed by atoms with Gasteiger partial charge in [-0.3, -0.25) is 9.59 Å². The average molecular weight is 339 g/mol. The van der Waals surface area contributed by atoms with Crippen LogP contribution in [0, 0.1) is 0 Å². The molecular weight excluding hydrogens is 322 g/mol. The van der Waals surface area contributed by atoms with E-state index in [1.807, 2.05) is 0 Å². The highest BCUT2D eigenvalue weighted by atomic mass is 16.5. The number of anilines is 1. The lowest BCUT2D eigenvalue weighted by molar-refractivity contribution is -0.139. The van der Waals surface area contributed by atoms with Crippen molar-refractivity contribution < 1.29 is 24.2 Å². The van der Waals surface area contributed by atoms with Crippen molar-refractivity contribution >= 4 is 29.4 Å². The first kappa shape index (κ1) is 17.9. The molecule has 0 saturated heterocycles. The predicted molar refractivity (Wildman–Crippen MR) is 93.7 cm³/mol. The number of carboxylic acid groups (broad SMARTS) is 1. The Labute approximate surface area is 144 Å². The molecule has 0 bridgehead atoms. The van der Waals surface area contributed by atoms with E-state index in [1.165, 1.54) is 13.0 Å². The fourth-order valence-electron chi connectivity index (χ4n) is 2.01. The highest BCUT2D eigenvalue weighted by molar-refractivity contribution is 6.06.